The third-order valence-corrected chi connectivity index (χ3v) is 6.07. The van der Waals surface area contributed by atoms with Gasteiger partial charge in [0.05, 0.1) is 28.2 Å². The van der Waals surface area contributed by atoms with Crippen molar-refractivity contribution in [3.8, 4) is 17.9 Å². The third kappa shape index (κ3) is 4.02. The molecule has 1 fully saturated rings. The molecule has 132 valence electrons. The number of ether oxygens (including phenoxy) is 1. The summed E-state index contributed by atoms with van der Waals surface area (Å²) in [4.78, 5) is 0.182. The Hall–Kier alpha value is -2.87. The van der Waals surface area contributed by atoms with Crippen molar-refractivity contribution in [2.75, 3.05) is 13.2 Å². The number of hydrogen-bond acceptors (Lipinski definition) is 5. The van der Waals surface area contributed by atoms with Gasteiger partial charge in [0.2, 0.25) is 10.0 Å². The van der Waals surface area contributed by atoms with E-state index in [0.717, 1.165) is 12.8 Å². The van der Waals surface area contributed by atoms with Crippen molar-refractivity contribution < 1.29 is 13.2 Å². The van der Waals surface area contributed by atoms with Crippen LogP contribution in [0, 0.1) is 22.7 Å². The minimum absolute atomic E-state index is 0.000193. The highest BCUT2D eigenvalue weighted by atomic mass is 32.2. The minimum Gasteiger partial charge on any atom is -0.492 e. The molecule has 0 heterocycles. The maximum Gasteiger partial charge on any atom is 0.243 e. The molecule has 0 saturated heterocycles. The highest BCUT2D eigenvalue weighted by Gasteiger charge is 2.37. The van der Waals surface area contributed by atoms with E-state index in [9.17, 15) is 8.42 Å². The summed E-state index contributed by atoms with van der Waals surface area (Å²) in [5.74, 6) is 0.593. The number of hydrogen-bond donors (Lipinski definition) is 0. The zero-order valence-corrected chi connectivity index (χ0v) is 14.8. The molecular weight excluding hydrogens is 350 g/mol. The zero-order chi connectivity index (χ0) is 18.6. The van der Waals surface area contributed by atoms with E-state index < -0.39 is 10.0 Å². The molecule has 0 bridgehead atoms. The van der Waals surface area contributed by atoms with Gasteiger partial charge in [-0.2, -0.15) is 14.8 Å². The second-order valence-corrected chi connectivity index (χ2v) is 7.86. The van der Waals surface area contributed by atoms with E-state index in [0.29, 0.717) is 16.9 Å². The van der Waals surface area contributed by atoms with Gasteiger partial charge in [-0.3, -0.25) is 0 Å². The number of sulfonamides is 1. The summed E-state index contributed by atoms with van der Waals surface area (Å²) in [7, 11) is -3.63. The smallest absolute Gasteiger partial charge is 0.243 e. The standard InChI is InChI=1S/C19H17N3O3S/c20-13-15-1-7-18(8-2-15)25-12-11-22(17-5-6-17)26(23,24)19-9-3-16(14-21)4-10-19/h1-4,7-10,17H,5-6,11-12H2. The van der Waals surface area contributed by atoms with Gasteiger partial charge in [-0.05, 0) is 61.4 Å². The molecule has 0 radical (unpaired) electrons. The SMILES string of the molecule is N#Cc1ccc(OCCN(C2CC2)S(=O)(=O)c2ccc(C#N)cc2)cc1. The van der Waals surface area contributed by atoms with E-state index in [1.807, 2.05) is 12.1 Å². The van der Waals surface area contributed by atoms with Gasteiger partial charge in [0.25, 0.3) is 0 Å². The van der Waals surface area contributed by atoms with Gasteiger partial charge < -0.3 is 4.74 Å². The van der Waals surface area contributed by atoms with Crippen LogP contribution in [0.4, 0.5) is 0 Å². The largest absolute Gasteiger partial charge is 0.492 e. The van der Waals surface area contributed by atoms with Crippen LogP contribution < -0.4 is 4.74 Å². The van der Waals surface area contributed by atoms with Crippen molar-refractivity contribution in [2.24, 2.45) is 0 Å². The average Bonchev–Trinajstić information content (AvgIpc) is 3.50. The maximum atomic E-state index is 12.9. The predicted molar refractivity (Wildman–Crippen MR) is 94.7 cm³/mol. The molecule has 0 amide bonds. The molecule has 0 unspecified atom stereocenters. The lowest BCUT2D eigenvalue weighted by atomic mass is 10.2. The van der Waals surface area contributed by atoms with Gasteiger partial charge in [-0.1, -0.05) is 0 Å². The van der Waals surface area contributed by atoms with E-state index in [4.69, 9.17) is 15.3 Å². The molecule has 2 aromatic rings. The van der Waals surface area contributed by atoms with Crippen LogP contribution in [0.5, 0.6) is 5.75 Å². The van der Waals surface area contributed by atoms with Gasteiger partial charge in [0.1, 0.15) is 12.4 Å². The van der Waals surface area contributed by atoms with Crippen molar-refractivity contribution in [1.82, 2.24) is 4.31 Å². The van der Waals surface area contributed by atoms with Crippen LogP contribution in [0.25, 0.3) is 0 Å². The predicted octanol–water partition coefficient (Wildman–Crippen LogP) is 2.66. The van der Waals surface area contributed by atoms with Crippen molar-refractivity contribution in [3.63, 3.8) is 0 Å². The summed E-state index contributed by atoms with van der Waals surface area (Å²) in [6.45, 7) is 0.463. The van der Waals surface area contributed by atoms with Crippen LogP contribution in [0.15, 0.2) is 53.4 Å². The number of benzene rings is 2. The molecule has 0 atom stereocenters. The molecule has 1 aliphatic rings. The monoisotopic (exact) mass is 367 g/mol. The number of nitrogens with zero attached hydrogens (tertiary/aromatic N) is 3. The first-order valence-electron chi connectivity index (χ1n) is 8.19. The summed E-state index contributed by atoms with van der Waals surface area (Å²) in [6, 6.07) is 16.6. The molecule has 6 nitrogen and oxygen atoms in total. The number of nitriles is 2. The average molecular weight is 367 g/mol. The number of rotatable bonds is 7. The summed E-state index contributed by atoms with van der Waals surface area (Å²) in [5, 5.41) is 17.6. The van der Waals surface area contributed by atoms with Gasteiger partial charge in [-0.15, -0.1) is 0 Å². The normalized spacial score (nSPS) is 13.8. The summed E-state index contributed by atoms with van der Waals surface area (Å²) >= 11 is 0. The summed E-state index contributed by atoms with van der Waals surface area (Å²) in [6.07, 6.45) is 1.68. The van der Waals surface area contributed by atoms with Crippen molar-refractivity contribution in [1.29, 1.82) is 10.5 Å². The van der Waals surface area contributed by atoms with Crippen LogP contribution >= 0.6 is 0 Å². The molecule has 3 rings (SSSR count). The van der Waals surface area contributed by atoms with Crippen LogP contribution in [-0.4, -0.2) is 31.9 Å². The van der Waals surface area contributed by atoms with Crippen LogP contribution in [-0.2, 0) is 10.0 Å². The Balaban J connectivity index is 1.68. The van der Waals surface area contributed by atoms with Crippen molar-refractivity contribution >= 4 is 10.0 Å². The van der Waals surface area contributed by atoms with E-state index in [1.165, 1.54) is 28.6 Å². The Labute approximate surface area is 152 Å². The lowest BCUT2D eigenvalue weighted by Gasteiger charge is -2.22. The molecule has 0 N–H and O–H groups in total. The highest BCUT2D eigenvalue weighted by Crippen LogP contribution is 2.32. The van der Waals surface area contributed by atoms with Gasteiger partial charge in [0, 0.05) is 12.6 Å². The Morgan fingerprint density at radius 2 is 1.50 bits per heavy atom. The molecule has 1 aliphatic carbocycles. The molecule has 0 spiro atoms. The molecule has 7 heteroatoms. The van der Waals surface area contributed by atoms with E-state index >= 15 is 0 Å². The minimum atomic E-state index is -3.63. The fraction of sp³-hybridized carbons (Fsp3) is 0.263. The maximum absolute atomic E-state index is 12.9. The fourth-order valence-corrected chi connectivity index (χ4v) is 4.25. The van der Waals surface area contributed by atoms with Gasteiger partial charge in [0.15, 0.2) is 0 Å². The fourth-order valence-electron chi connectivity index (χ4n) is 2.58. The quantitative estimate of drug-likeness (QED) is 0.750. The molecule has 26 heavy (non-hydrogen) atoms. The molecule has 2 aromatic carbocycles. The molecule has 0 aromatic heterocycles. The second kappa shape index (κ2) is 7.57. The van der Waals surface area contributed by atoms with Gasteiger partial charge in [-0.25, -0.2) is 8.42 Å². The van der Waals surface area contributed by atoms with Crippen LogP contribution in [0.1, 0.15) is 24.0 Å². The molecular formula is C19H17N3O3S. The first kappa shape index (κ1) is 17.9. The van der Waals surface area contributed by atoms with Crippen LogP contribution in [0.3, 0.4) is 0 Å². The van der Waals surface area contributed by atoms with E-state index in [-0.39, 0.29) is 24.1 Å². The van der Waals surface area contributed by atoms with E-state index in [1.54, 1.807) is 24.3 Å². The summed E-state index contributed by atoms with van der Waals surface area (Å²) < 4.78 is 32.9. The Bertz CT molecular complexity index is 951. The zero-order valence-electron chi connectivity index (χ0n) is 14.0. The highest BCUT2D eigenvalue weighted by molar-refractivity contribution is 7.89. The van der Waals surface area contributed by atoms with Crippen LogP contribution in [0.2, 0.25) is 0 Å². The van der Waals surface area contributed by atoms with E-state index in [2.05, 4.69) is 0 Å². The lowest BCUT2D eigenvalue weighted by molar-refractivity contribution is 0.269. The molecule has 0 aliphatic heterocycles. The third-order valence-electron chi connectivity index (χ3n) is 4.11. The Morgan fingerprint density at radius 3 is 2.00 bits per heavy atom. The Kier molecular flexibility index (Phi) is 5.22. The first-order valence-corrected chi connectivity index (χ1v) is 9.63. The molecule has 1 saturated carbocycles. The second-order valence-electron chi connectivity index (χ2n) is 5.97. The Morgan fingerprint density at radius 1 is 0.962 bits per heavy atom. The van der Waals surface area contributed by atoms with Crippen molar-refractivity contribution in [2.45, 2.75) is 23.8 Å². The summed E-state index contributed by atoms with van der Waals surface area (Å²) in [5.41, 5.74) is 0.964. The first-order chi connectivity index (χ1) is 12.5. The van der Waals surface area contributed by atoms with Crippen molar-refractivity contribution in [3.05, 3.63) is 59.7 Å². The van der Waals surface area contributed by atoms with Gasteiger partial charge >= 0.3 is 0 Å². The topological polar surface area (TPSA) is 94.2 Å². The lowest BCUT2D eigenvalue weighted by Crippen LogP contribution is -2.36.